The molecular formula is C15H23N3O5S. The molecule has 0 aliphatic carbocycles. The van der Waals surface area contributed by atoms with E-state index in [-0.39, 0.29) is 28.4 Å². The molecule has 0 spiro atoms. The number of ether oxygens (including phenoxy) is 2. The first-order valence-corrected chi connectivity index (χ1v) is 9.12. The average molecular weight is 357 g/mol. The minimum atomic E-state index is -3.91. The average Bonchev–Trinajstić information content (AvgIpc) is 2.85. The Balaban J connectivity index is 2.25. The molecule has 1 aliphatic heterocycles. The molecule has 24 heavy (non-hydrogen) atoms. The number of carbonyl (C=O) groups is 1. The van der Waals surface area contributed by atoms with E-state index in [4.69, 9.17) is 14.6 Å². The number of rotatable bonds is 6. The summed E-state index contributed by atoms with van der Waals surface area (Å²) in [7, 11) is -0.551. The largest absolute Gasteiger partial charge is 0.496 e. The van der Waals surface area contributed by atoms with E-state index >= 15 is 0 Å². The van der Waals surface area contributed by atoms with Gasteiger partial charge in [-0.1, -0.05) is 0 Å². The Labute approximate surface area is 142 Å². The number of nitrogens with one attached hydrogen (secondary N) is 1. The van der Waals surface area contributed by atoms with Gasteiger partial charge < -0.3 is 19.7 Å². The van der Waals surface area contributed by atoms with Crippen LogP contribution in [-0.2, 0) is 14.8 Å². The van der Waals surface area contributed by atoms with Crippen molar-refractivity contribution < 1.29 is 22.7 Å². The van der Waals surface area contributed by atoms with Crippen molar-refractivity contribution in [2.24, 2.45) is 5.14 Å². The Hall–Kier alpha value is -1.68. The summed E-state index contributed by atoms with van der Waals surface area (Å²) in [6.07, 6.45) is -0.114. The summed E-state index contributed by atoms with van der Waals surface area (Å²) in [5.41, 5.74) is 0.119. The van der Waals surface area contributed by atoms with Crippen LogP contribution in [0.25, 0.3) is 0 Å². The highest BCUT2D eigenvalue weighted by Gasteiger charge is 2.33. The predicted molar refractivity (Wildman–Crippen MR) is 88.5 cm³/mol. The maximum atomic E-state index is 12.6. The third-order valence-corrected chi connectivity index (χ3v) is 4.80. The zero-order chi connectivity index (χ0) is 17.9. The van der Waals surface area contributed by atoms with Gasteiger partial charge in [-0.15, -0.1) is 0 Å². The van der Waals surface area contributed by atoms with Crippen LogP contribution < -0.4 is 15.2 Å². The summed E-state index contributed by atoms with van der Waals surface area (Å²) < 4.78 is 33.8. The maximum absolute atomic E-state index is 12.6. The van der Waals surface area contributed by atoms with Crippen LogP contribution in [0.1, 0.15) is 17.3 Å². The third-order valence-electron chi connectivity index (χ3n) is 3.89. The third kappa shape index (κ3) is 4.23. The molecule has 1 heterocycles. The quantitative estimate of drug-likeness (QED) is 0.729. The Morgan fingerprint density at radius 1 is 1.42 bits per heavy atom. The topological polar surface area (TPSA) is 111 Å². The fourth-order valence-electron chi connectivity index (χ4n) is 2.77. The Morgan fingerprint density at radius 2 is 2.12 bits per heavy atom. The molecule has 8 nitrogen and oxygen atoms in total. The minimum absolute atomic E-state index is 0.114. The van der Waals surface area contributed by atoms with Gasteiger partial charge in [0.25, 0.3) is 5.91 Å². The van der Waals surface area contributed by atoms with Crippen LogP contribution in [0.4, 0.5) is 0 Å². The first kappa shape index (κ1) is 18.7. The number of amides is 1. The Morgan fingerprint density at radius 3 is 2.71 bits per heavy atom. The number of hydrogen-bond donors (Lipinski definition) is 2. The van der Waals surface area contributed by atoms with E-state index in [2.05, 4.69) is 10.2 Å². The van der Waals surface area contributed by atoms with Gasteiger partial charge in [0.1, 0.15) is 5.75 Å². The molecule has 2 atom stereocenters. The van der Waals surface area contributed by atoms with E-state index in [1.807, 2.05) is 14.0 Å². The summed E-state index contributed by atoms with van der Waals surface area (Å²) in [4.78, 5) is 14.5. The number of sulfonamides is 1. The molecule has 0 saturated carbocycles. The lowest BCUT2D eigenvalue weighted by atomic mass is 10.1. The molecule has 1 aliphatic rings. The summed E-state index contributed by atoms with van der Waals surface area (Å²) in [6.45, 7) is 3.81. The van der Waals surface area contributed by atoms with E-state index in [9.17, 15) is 13.2 Å². The van der Waals surface area contributed by atoms with Gasteiger partial charge >= 0.3 is 0 Å². The smallest absolute Gasteiger partial charge is 0.255 e. The molecular weight excluding hydrogens is 334 g/mol. The molecule has 1 fully saturated rings. The van der Waals surface area contributed by atoms with Crippen LogP contribution in [0.15, 0.2) is 23.1 Å². The molecule has 1 aromatic carbocycles. The van der Waals surface area contributed by atoms with E-state index in [1.165, 1.54) is 25.3 Å². The van der Waals surface area contributed by atoms with Gasteiger partial charge in [-0.05, 0) is 32.2 Å². The molecule has 0 bridgehead atoms. The first-order valence-electron chi connectivity index (χ1n) is 7.58. The molecule has 1 amide bonds. The molecule has 134 valence electrons. The number of nitrogens with two attached hydrogens (primary N) is 1. The number of benzene rings is 1. The number of carbonyl (C=O) groups excluding carboxylic acids is 1. The normalized spacial score (nSPS) is 21.7. The number of likely N-dealkylation sites (N-methyl/N-ethyl adjacent to an activating group) is 1. The molecule has 0 unspecified atom stereocenters. The lowest BCUT2D eigenvalue weighted by Gasteiger charge is -2.20. The van der Waals surface area contributed by atoms with Gasteiger partial charge in [0.15, 0.2) is 0 Å². The fraction of sp³-hybridized carbons (Fsp3) is 0.533. The van der Waals surface area contributed by atoms with Crippen LogP contribution in [0.5, 0.6) is 5.75 Å². The van der Waals surface area contributed by atoms with Gasteiger partial charge in [0.05, 0.1) is 29.7 Å². The van der Waals surface area contributed by atoms with Gasteiger partial charge in [-0.25, -0.2) is 13.6 Å². The molecule has 9 heteroatoms. The second-order valence-electron chi connectivity index (χ2n) is 5.70. The highest BCUT2D eigenvalue weighted by molar-refractivity contribution is 7.89. The zero-order valence-electron chi connectivity index (χ0n) is 14.0. The monoisotopic (exact) mass is 357 g/mol. The molecule has 3 N–H and O–H groups in total. The van der Waals surface area contributed by atoms with Crippen molar-refractivity contribution >= 4 is 15.9 Å². The van der Waals surface area contributed by atoms with Crippen LogP contribution >= 0.6 is 0 Å². The van der Waals surface area contributed by atoms with Gasteiger partial charge in [-0.3, -0.25) is 4.79 Å². The summed E-state index contributed by atoms with van der Waals surface area (Å²) in [6, 6.07) is 3.75. The first-order chi connectivity index (χ1) is 11.3. The fourth-order valence-corrected chi connectivity index (χ4v) is 3.31. The highest BCUT2D eigenvalue weighted by Crippen LogP contribution is 2.23. The van der Waals surface area contributed by atoms with Crippen LogP contribution in [0, 0.1) is 0 Å². The number of likely N-dealkylation sites (tertiary alicyclic amines) is 1. The molecule has 0 radical (unpaired) electrons. The van der Waals surface area contributed by atoms with Crippen LogP contribution in [-0.4, -0.2) is 65.2 Å². The van der Waals surface area contributed by atoms with Crippen molar-refractivity contribution in [3.05, 3.63) is 23.8 Å². The number of hydrogen-bond acceptors (Lipinski definition) is 6. The highest BCUT2D eigenvalue weighted by atomic mass is 32.2. The van der Waals surface area contributed by atoms with Crippen molar-refractivity contribution in [2.75, 3.05) is 33.9 Å². The minimum Gasteiger partial charge on any atom is -0.496 e. The van der Waals surface area contributed by atoms with Crippen molar-refractivity contribution in [2.45, 2.75) is 24.0 Å². The van der Waals surface area contributed by atoms with E-state index in [0.29, 0.717) is 19.7 Å². The molecule has 1 saturated heterocycles. The van der Waals surface area contributed by atoms with Gasteiger partial charge in [-0.2, -0.15) is 0 Å². The molecule has 1 aromatic rings. The number of primary sulfonamides is 1. The van der Waals surface area contributed by atoms with E-state index in [0.717, 1.165) is 0 Å². The van der Waals surface area contributed by atoms with Crippen molar-refractivity contribution in [1.82, 2.24) is 10.2 Å². The summed E-state index contributed by atoms with van der Waals surface area (Å²) in [5.74, 6) is -0.151. The molecule has 0 aromatic heterocycles. The second kappa shape index (κ2) is 7.47. The SMILES string of the molecule is CCO[C@@H]1CN(C)C[C@H]1NC(=O)c1cc(S(N)(=O)=O)ccc1OC. The van der Waals surface area contributed by atoms with E-state index in [1.54, 1.807) is 0 Å². The number of nitrogens with zero attached hydrogens (tertiary/aromatic N) is 1. The summed E-state index contributed by atoms with van der Waals surface area (Å²) >= 11 is 0. The van der Waals surface area contributed by atoms with Crippen LogP contribution in [0.3, 0.4) is 0 Å². The predicted octanol–water partition coefficient (Wildman–Crippen LogP) is -0.208. The standard InChI is InChI=1S/C15H23N3O5S/c1-4-23-14-9-18(2)8-12(14)17-15(19)11-7-10(24(16,20)21)5-6-13(11)22-3/h5-7,12,14H,4,8-9H2,1-3H3,(H,17,19)(H2,16,20,21)/t12-,14-/m1/s1. The molecule has 2 rings (SSSR count). The van der Waals surface area contributed by atoms with Gasteiger partial charge in [0.2, 0.25) is 10.0 Å². The maximum Gasteiger partial charge on any atom is 0.255 e. The van der Waals surface area contributed by atoms with Crippen molar-refractivity contribution in [3.8, 4) is 5.75 Å². The van der Waals surface area contributed by atoms with Crippen LogP contribution in [0.2, 0.25) is 0 Å². The number of methoxy groups -OCH3 is 1. The zero-order valence-corrected chi connectivity index (χ0v) is 14.8. The van der Waals surface area contributed by atoms with Crippen molar-refractivity contribution in [1.29, 1.82) is 0 Å². The van der Waals surface area contributed by atoms with Gasteiger partial charge in [0, 0.05) is 19.7 Å². The second-order valence-corrected chi connectivity index (χ2v) is 7.26. The Bertz CT molecular complexity index is 707. The lowest BCUT2D eigenvalue weighted by molar-refractivity contribution is 0.0512. The van der Waals surface area contributed by atoms with E-state index < -0.39 is 15.9 Å². The van der Waals surface area contributed by atoms with Crippen molar-refractivity contribution in [3.63, 3.8) is 0 Å². The summed E-state index contributed by atoms with van der Waals surface area (Å²) in [5, 5.41) is 8.03. The Kier molecular flexibility index (Phi) is 5.81. The lowest BCUT2D eigenvalue weighted by Crippen LogP contribution is -2.44.